The van der Waals surface area contributed by atoms with Crippen molar-refractivity contribution >= 4 is 5.69 Å². The van der Waals surface area contributed by atoms with Crippen molar-refractivity contribution in [2.24, 2.45) is 11.8 Å². The average Bonchev–Trinajstić information content (AvgIpc) is 3.07. The van der Waals surface area contributed by atoms with Gasteiger partial charge in [0.1, 0.15) is 0 Å². The lowest BCUT2D eigenvalue weighted by atomic mass is 9.56. The molecule has 1 N–H and O–H groups in total. The largest absolute Gasteiger partial charge is 0.381 e. The second-order valence-corrected chi connectivity index (χ2v) is 7.51. The van der Waals surface area contributed by atoms with E-state index in [1.54, 1.807) is 11.1 Å². The van der Waals surface area contributed by atoms with Crippen LogP contribution in [0, 0.1) is 11.8 Å². The number of benzene rings is 1. The Morgan fingerprint density at radius 3 is 3.05 bits per heavy atom. The molecule has 5 atom stereocenters. The third-order valence-corrected chi connectivity index (χ3v) is 7.01. The van der Waals surface area contributed by atoms with Crippen molar-refractivity contribution in [2.75, 3.05) is 18.4 Å². The Bertz CT molecular complexity index is 634. The van der Waals surface area contributed by atoms with E-state index >= 15 is 0 Å². The number of nitrogens with one attached hydrogen (secondary N) is 1. The summed E-state index contributed by atoms with van der Waals surface area (Å²) in [6.07, 6.45) is 5.10. The number of fused-ring (bicyclic) bond motifs is 2. The summed E-state index contributed by atoms with van der Waals surface area (Å²) in [6.45, 7) is 7.21. The van der Waals surface area contributed by atoms with Gasteiger partial charge in [-0.3, -0.25) is 4.90 Å². The first-order valence-corrected chi connectivity index (χ1v) is 8.51. The maximum absolute atomic E-state index is 3.92. The third-order valence-electron chi connectivity index (χ3n) is 7.01. The van der Waals surface area contributed by atoms with Crippen molar-refractivity contribution in [3.05, 3.63) is 41.5 Å². The third kappa shape index (κ3) is 1.29. The average molecular weight is 280 g/mol. The predicted octanol–water partition coefficient (Wildman–Crippen LogP) is 3.41. The molecule has 2 saturated heterocycles. The van der Waals surface area contributed by atoms with Gasteiger partial charge >= 0.3 is 0 Å². The highest BCUT2D eigenvalue weighted by Gasteiger charge is 2.64. The van der Waals surface area contributed by atoms with Gasteiger partial charge in [-0.1, -0.05) is 36.8 Å². The van der Waals surface area contributed by atoms with Crippen LogP contribution in [-0.4, -0.2) is 30.1 Å². The minimum atomic E-state index is 0.381. The zero-order chi connectivity index (χ0) is 14.2. The number of anilines is 1. The molecule has 2 bridgehead atoms. The van der Waals surface area contributed by atoms with Crippen LogP contribution >= 0.6 is 0 Å². The van der Waals surface area contributed by atoms with Gasteiger partial charge in [-0.25, -0.2) is 0 Å². The highest BCUT2D eigenvalue weighted by atomic mass is 15.2. The fourth-order valence-electron chi connectivity index (χ4n) is 6.12. The van der Waals surface area contributed by atoms with Crippen LogP contribution in [0.4, 0.5) is 5.69 Å². The Hall–Kier alpha value is -1.28. The SMILES string of the molecule is C/C=C1\CN2CC[C@@]34c5ccccc5N[C@H]3[C@@H](C)[C@H]1C[C@H]24. The fourth-order valence-corrected chi connectivity index (χ4v) is 6.12. The molecule has 3 fully saturated rings. The van der Waals surface area contributed by atoms with E-state index < -0.39 is 0 Å². The lowest BCUT2D eigenvalue weighted by molar-refractivity contribution is 0.0642. The van der Waals surface area contributed by atoms with E-state index in [1.807, 2.05) is 0 Å². The van der Waals surface area contributed by atoms with E-state index in [0.717, 1.165) is 17.9 Å². The van der Waals surface area contributed by atoms with Crippen LogP contribution in [0.15, 0.2) is 35.9 Å². The Morgan fingerprint density at radius 1 is 1.33 bits per heavy atom. The molecule has 1 spiro atoms. The zero-order valence-corrected chi connectivity index (χ0v) is 13.0. The number of piperidine rings is 1. The summed E-state index contributed by atoms with van der Waals surface area (Å²) in [5.41, 5.74) is 5.08. The number of allylic oxidation sites excluding steroid dienone is 1. The zero-order valence-electron chi connectivity index (χ0n) is 13.0. The monoisotopic (exact) mass is 280 g/mol. The quantitative estimate of drug-likeness (QED) is 0.733. The second kappa shape index (κ2) is 3.92. The second-order valence-electron chi connectivity index (χ2n) is 7.51. The Labute approximate surface area is 127 Å². The maximum atomic E-state index is 3.92. The van der Waals surface area contributed by atoms with Crippen molar-refractivity contribution in [1.29, 1.82) is 0 Å². The molecule has 0 amide bonds. The number of hydrogen-bond donors (Lipinski definition) is 1. The standard InChI is InChI=1S/C19H24N2/c1-3-13-11-21-9-8-19-15-6-4-5-7-16(15)20-18(19)12(2)14(13)10-17(19)21/h3-7,12,14,17-18,20H,8-11H2,1-2H3/b13-3+/t12-,14+,17-,18-,19-/m0/s1. The Balaban J connectivity index is 1.71. The minimum Gasteiger partial charge on any atom is -0.381 e. The molecule has 5 rings (SSSR count). The van der Waals surface area contributed by atoms with Gasteiger partial charge in [0.2, 0.25) is 0 Å². The highest BCUT2D eigenvalue weighted by molar-refractivity contribution is 5.64. The lowest BCUT2D eigenvalue weighted by Crippen LogP contribution is -2.61. The van der Waals surface area contributed by atoms with Gasteiger partial charge in [0, 0.05) is 29.7 Å². The first-order chi connectivity index (χ1) is 10.3. The van der Waals surface area contributed by atoms with E-state index in [0.29, 0.717) is 11.5 Å². The van der Waals surface area contributed by atoms with E-state index in [9.17, 15) is 0 Å². The molecule has 3 aliphatic heterocycles. The van der Waals surface area contributed by atoms with Gasteiger partial charge in [0.05, 0.1) is 0 Å². The van der Waals surface area contributed by atoms with E-state index in [-0.39, 0.29) is 0 Å². The van der Waals surface area contributed by atoms with E-state index in [1.165, 1.54) is 31.6 Å². The van der Waals surface area contributed by atoms with Crippen molar-refractivity contribution in [3.63, 3.8) is 0 Å². The first-order valence-electron chi connectivity index (χ1n) is 8.51. The van der Waals surface area contributed by atoms with Crippen LogP contribution in [0.2, 0.25) is 0 Å². The van der Waals surface area contributed by atoms with E-state index in [2.05, 4.69) is 54.4 Å². The molecule has 4 aliphatic rings. The normalized spacial score (nSPS) is 45.3. The molecule has 1 aliphatic carbocycles. The summed E-state index contributed by atoms with van der Waals surface area (Å²) in [7, 11) is 0. The van der Waals surface area contributed by atoms with Crippen molar-refractivity contribution in [3.8, 4) is 0 Å². The van der Waals surface area contributed by atoms with Gasteiger partial charge in [-0.05, 0) is 49.8 Å². The molecule has 1 aromatic rings. The topological polar surface area (TPSA) is 15.3 Å². The molecule has 0 radical (unpaired) electrons. The molecule has 0 aromatic heterocycles. The van der Waals surface area contributed by atoms with Crippen molar-refractivity contribution in [2.45, 2.75) is 44.2 Å². The molecule has 1 aromatic carbocycles. The van der Waals surface area contributed by atoms with Crippen molar-refractivity contribution in [1.82, 2.24) is 4.90 Å². The summed E-state index contributed by atoms with van der Waals surface area (Å²) < 4.78 is 0. The molecule has 2 heteroatoms. The summed E-state index contributed by atoms with van der Waals surface area (Å²) in [5.74, 6) is 1.52. The number of para-hydroxylation sites is 1. The maximum Gasteiger partial charge on any atom is 0.0405 e. The molecule has 21 heavy (non-hydrogen) atoms. The molecular weight excluding hydrogens is 256 g/mol. The van der Waals surface area contributed by atoms with Gasteiger partial charge in [-0.2, -0.15) is 0 Å². The van der Waals surface area contributed by atoms with Crippen molar-refractivity contribution < 1.29 is 0 Å². The number of rotatable bonds is 0. The Kier molecular flexibility index (Phi) is 2.29. The molecule has 2 nitrogen and oxygen atoms in total. The first kappa shape index (κ1) is 12.3. The van der Waals surface area contributed by atoms with Gasteiger partial charge in [0.25, 0.3) is 0 Å². The van der Waals surface area contributed by atoms with Crippen LogP contribution < -0.4 is 5.32 Å². The van der Waals surface area contributed by atoms with Crippen LogP contribution in [0.3, 0.4) is 0 Å². The van der Waals surface area contributed by atoms with E-state index in [4.69, 9.17) is 0 Å². The number of nitrogens with zero attached hydrogens (tertiary/aromatic N) is 1. The Morgan fingerprint density at radius 2 is 2.19 bits per heavy atom. The highest BCUT2D eigenvalue weighted by Crippen LogP contribution is 2.60. The minimum absolute atomic E-state index is 0.381. The van der Waals surface area contributed by atoms with Crippen LogP contribution in [0.5, 0.6) is 0 Å². The van der Waals surface area contributed by atoms with Gasteiger partial charge < -0.3 is 5.32 Å². The summed E-state index contributed by atoms with van der Waals surface area (Å²) in [4.78, 5) is 2.77. The summed E-state index contributed by atoms with van der Waals surface area (Å²) in [6, 6.07) is 10.5. The fraction of sp³-hybridized carbons (Fsp3) is 0.579. The molecule has 110 valence electrons. The van der Waals surface area contributed by atoms with Crippen LogP contribution in [0.1, 0.15) is 32.3 Å². The van der Waals surface area contributed by atoms with Crippen LogP contribution in [-0.2, 0) is 5.41 Å². The molecule has 0 unspecified atom stereocenters. The number of hydrogen-bond acceptors (Lipinski definition) is 2. The molecular formula is C19H24N2. The molecule has 1 saturated carbocycles. The van der Waals surface area contributed by atoms with Gasteiger partial charge in [-0.15, -0.1) is 0 Å². The molecule has 3 heterocycles. The summed E-state index contributed by atoms with van der Waals surface area (Å²) >= 11 is 0. The smallest absolute Gasteiger partial charge is 0.0405 e. The lowest BCUT2D eigenvalue weighted by Gasteiger charge is -2.54. The van der Waals surface area contributed by atoms with Gasteiger partial charge in [0.15, 0.2) is 0 Å². The van der Waals surface area contributed by atoms with Crippen LogP contribution in [0.25, 0.3) is 0 Å². The predicted molar refractivity (Wildman–Crippen MR) is 86.5 cm³/mol. The summed E-state index contributed by atoms with van der Waals surface area (Å²) in [5, 5.41) is 3.92.